The van der Waals surface area contributed by atoms with Crippen LogP contribution >= 0.6 is 0 Å². The summed E-state index contributed by atoms with van der Waals surface area (Å²) in [6.07, 6.45) is -21.2. The number of benzene rings is 4. The molecular formula is C35H21F13N2O3. The predicted octanol–water partition coefficient (Wildman–Crippen LogP) is 9.57. The summed E-state index contributed by atoms with van der Waals surface area (Å²) in [6, 6.07) is 12.1. The average Bonchev–Trinajstić information content (AvgIpc) is 3.06. The molecule has 0 bridgehead atoms. The van der Waals surface area contributed by atoms with E-state index in [9.17, 15) is 66.7 Å². The van der Waals surface area contributed by atoms with E-state index in [2.05, 4.69) is 0 Å². The molecule has 0 aliphatic heterocycles. The van der Waals surface area contributed by atoms with Crippen LogP contribution in [0.5, 0.6) is 5.75 Å². The fraction of sp³-hybridized carbons (Fsp3) is 0.200. The Morgan fingerprint density at radius 3 is 1.47 bits per heavy atom. The molecule has 0 fully saturated rings. The van der Waals surface area contributed by atoms with Crippen molar-refractivity contribution in [1.82, 2.24) is 9.13 Å². The van der Waals surface area contributed by atoms with Gasteiger partial charge in [-0.05, 0) is 65.7 Å². The van der Waals surface area contributed by atoms with Crippen molar-refractivity contribution in [1.29, 1.82) is 0 Å². The number of hydrogen-bond donors (Lipinski definition) is 0. The molecule has 4 aromatic carbocycles. The molecule has 53 heavy (non-hydrogen) atoms. The van der Waals surface area contributed by atoms with Crippen LogP contribution in [0.15, 0.2) is 101 Å². The second kappa shape index (κ2) is 14.1. The molecule has 5 nitrogen and oxygen atoms in total. The predicted molar refractivity (Wildman–Crippen MR) is 162 cm³/mol. The number of rotatable bonds is 8. The quantitative estimate of drug-likeness (QED) is 0.148. The first kappa shape index (κ1) is 38.7. The van der Waals surface area contributed by atoms with Crippen LogP contribution in [0.1, 0.15) is 38.9 Å². The standard InChI is InChI=1S/C35H21F13N2O3/c36-28-7-2-1-4-22(28)18-53-27-6-3-5-21(12-27)29-15-30(51)50(17-20-10-25(34(43,44)45)14-26(11-20)35(46,47)48)31(52)49(29)16-19-8-23(32(37,38)39)13-24(9-19)33(40,41)42/h1-15H,16-18H2. The number of nitrogens with zero attached hydrogens (tertiary/aromatic N) is 2. The lowest BCUT2D eigenvalue weighted by atomic mass is 10.0. The Balaban J connectivity index is 1.68. The van der Waals surface area contributed by atoms with Crippen molar-refractivity contribution in [3.8, 4) is 17.0 Å². The van der Waals surface area contributed by atoms with Crippen molar-refractivity contribution in [3.63, 3.8) is 0 Å². The molecule has 280 valence electrons. The molecule has 0 radical (unpaired) electrons. The van der Waals surface area contributed by atoms with Gasteiger partial charge in [-0.15, -0.1) is 0 Å². The topological polar surface area (TPSA) is 53.2 Å². The second-order valence-electron chi connectivity index (χ2n) is 11.6. The molecular weight excluding hydrogens is 743 g/mol. The van der Waals surface area contributed by atoms with Crippen molar-refractivity contribution in [3.05, 3.63) is 157 Å². The number of alkyl halides is 12. The molecule has 0 saturated heterocycles. The minimum Gasteiger partial charge on any atom is -0.489 e. The zero-order valence-corrected chi connectivity index (χ0v) is 26.3. The van der Waals surface area contributed by atoms with E-state index in [1.54, 1.807) is 0 Å². The minimum atomic E-state index is -5.30. The molecule has 0 spiro atoms. The Kier molecular flexibility index (Phi) is 10.3. The van der Waals surface area contributed by atoms with Gasteiger partial charge in [0.1, 0.15) is 18.2 Å². The molecule has 5 aromatic rings. The molecule has 1 aromatic heterocycles. The molecule has 0 N–H and O–H groups in total. The Hall–Kier alpha value is -5.55. The SMILES string of the molecule is O=c1cc(-c2cccc(OCc3ccccc3F)c2)n(Cc2cc(C(F)(F)F)cc(C(F)(F)F)c2)c(=O)n1Cc1cc(C(F)(F)F)cc(C(F)(F)F)c1. The maximum Gasteiger partial charge on any atom is 0.416 e. The summed E-state index contributed by atoms with van der Waals surface area (Å²) < 4.78 is 184. The fourth-order valence-corrected chi connectivity index (χ4v) is 5.26. The molecule has 1 heterocycles. The number of ether oxygens (including phenoxy) is 1. The van der Waals surface area contributed by atoms with Gasteiger partial charge in [-0.25, -0.2) is 9.18 Å². The fourth-order valence-electron chi connectivity index (χ4n) is 5.26. The Bertz CT molecular complexity index is 2200. The Morgan fingerprint density at radius 2 is 1.00 bits per heavy atom. The van der Waals surface area contributed by atoms with Crippen LogP contribution in [0.25, 0.3) is 11.3 Å². The molecule has 18 heteroatoms. The first-order chi connectivity index (χ1) is 24.5. The van der Waals surface area contributed by atoms with E-state index in [-0.39, 0.29) is 52.3 Å². The van der Waals surface area contributed by atoms with Crippen LogP contribution < -0.4 is 16.0 Å². The van der Waals surface area contributed by atoms with E-state index in [1.807, 2.05) is 0 Å². The molecule has 0 atom stereocenters. The van der Waals surface area contributed by atoms with E-state index >= 15 is 0 Å². The first-order valence-electron chi connectivity index (χ1n) is 14.9. The third-order valence-electron chi connectivity index (χ3n) is 7.74. The maximum absolute atomic E-state index is 14.1. The van der Waals surface area contributed by atoms with Crippen LogP contribution in [-0.4, -0.2) is 9.13 Å². The lowest BCUT2D eigenvalue weighted by Gasteiger charge is -2.19. The van der Waals surface area contributed by atoms with Crippen molar-refractivity contribution >= 4 is 0 Å². The largest absolute Gasteiger partial charge is 0.489 e. The zero-order valence-electron chi connectivity index (χ0n) is 26.3. The summed E-state index contributed by atoms with van der Waals surface area (Å²) in [6.45, 7) is -2.64. The van der Waals surface area contributed by atoms with Crippen LogP contribution in [0, 0.1) is 5.82 Å². The van der Waals surface area contributed by atoms with Crippen LogP contribution in [0.2, 0.25) is 0 Å². The van der Waals surface area contributed by atoms with Gasteiger partial charge >= 0.3 is 30.4 Å². The molecule has 0 unspecified atom stereocenters. The van der Waals surface area contributed by atoms with Gasteiger partial charge in [0.2, 0.25) is 0 Å². The highest BCUT2D eigenvalue weighted by Crippen LogP contribution is 2.38. The summed E-state index contributed by atoms with van der Waals surface area (Å²) in [7, 11) is 0. The third-order valence-corrected chi connectivity index (χ3v) is 7.74. The average molecular weight is 765 g/mol. The highest BCUT2D eigenvalue weighted by Gasteiger charge is 2.38. The molecule has 5 rings (SSSR count). The molecule has 0 amide bonds. The van der Waals surface area contributed by atoms with Gasteiger partial charge < -0.3 is 4.74 Å². The summed E-state index contributed by atoms with van der Waals surface area (Å²) in [4.78, 5) is 27.3. The van der Waals surface area contributed by atoms with Gasteiger partial charge in [0, 0.05) is 17.2 Å². The van der Waals surface area contributed by atoms with Crippen LogP contribution in [0.3, 0.4) is 0 Å². The normalized spacial score (nSPS) is 12.6. The van der Waals surface area contributed by atoms with Crippen LogP contribution in [-0.2, 0) is 44.4 Å². The summed E-state index contributed by atoms with van der Waals surface area (Å²) in [5.74, 6) is -0.625. The van der Waals surface area contributed by atoms with Crippen molar-refractivity contribution in [2.45, 2.75) is 44.4 Å². The second-order valence-corrected chi connectivity index (χ2v) is 11.6. The van der Waals surface area contributed by atoms with Crippen molar-refractivity contribution < 1.29 is 61.8 Å². The van der Waals surface area contributed by atoms with Gasteiger partial charge in [-0.3, -0.25) is 13.9 Å². The minimum absolute atomic E-state index is 0.00370. The number of aromatic nitrogens is 2. The Labute approximate surface area is 289 Å². The number of halogens is 13. The molecule has 0 aliphatic carbocycles. The maximum atomic E-state index is 14.1. The zero-order chi connectivity index (χ0) is 39.1. The first-order valence-corrected chi connectivity index (χ1v) is 14.9. The lowest BCUT2D eigenvalue weighted by molar-refractivity contribution is -0.144. The smallest absolute Gasteiger partial charge is 0.416 e. The lowest BCUT2D eigenvalue weighted by Crippen LogP contribution is -2.40. The van der Waals surface area contributed by atoms with Gasteiger partial charge in [-0.2, -0.15) is 52.7 Å². The van der Waals surface area contributed by atoms with Gasteiger partial charge in [-0.1, -0.05) is 30.3 Å². The van der Waals surface area contributed by atoms with Crippen molar-refractivity contribution in [2.24, 2.45) is 0 Å². The van der Waals surface area contributed by atoms with E-state index < -0.39 is 93.9 Å². The van der Waals surface area contributed by atoms with Gasteiger partial charge in [0.05, 0.1) is 41.0 Å². The third kappa shape index (κ3) is 9.10. The summed E-state index contributed by atoms with van der Waals surface area (Å²) in [5.41, 5.74) is -11.9. The summed E-state index contributed by atoms with van der Waals surface area (Å²) in [5, 5.41) is 0. The summed E-state index contributed by atoms with van der Waals surface area (Å²) >= 11 is 0. The van der Waals surface area contributed by atoms with Crippen molar-refractivity contribution in [2.75, 3.05) is 0 Å². The van der Waals surface area contributed by atoms with E-state index in [4.69, 9.17) is 4.74 Å². The molecule has 0 saturated carbocycles. The van der Waals surface area contributed by atoms with Crippen LogP contribution in [0.4, 0.5) is 57.1 Å². The number of hydrogen-bond acceptors (Lipinski definition) is 3. The van der Waals surface area contributed by atoms with E-state index in [0.29, 0.717) is 22.8 Å². The Morgan fingerprint density at radius 1 is 0.528 bits per heavy atom. The van der Waals surface area contributed by atoms with Gasteiger partial charge in [0.15, 0.2) is 0 Å². The van der Waals surface area contributed by atoms with E-state index in [0.717, 1.165) is 6.07 Å². The highest BCUT2D eigenvalue weighted by atomic mass is 19.4. The molecule has 0 aliphatic rings. The van der Waals surface area contributed by atoms with Gasteiger partial charge in [0.25, 0.3) is 5.56 Å². The van der Waals surface area contributed by atoms with E-state index in [1.165, 1.54) is 42.5 Å². The highest BCUT2D eigenvalue weighted by molar-refractivity contribution is 5.61. The monoisotopic (exact) mass is 764 g/mol.